The van der Waals surface area contributed by atoms with Crippen LogP contribution < -0.4 is 0 Å². The average molecular weight is 276 g/mol. The van der Waals surface area contributed by atoms with Crippen LogP contribution in [0.2, 0.25) is 0 Å². The van der Waals surface area contributed by atoms with Crippen LogP contribution in [0.3, 0.4) is 0 Å². The lowest BCUT2D eigenvalue weighted by Gasteiger charge is -2.20. The molecule has 1 aromatic heterocycles. The third kappa shape index (κ3) is 4.30. The van der Waals surface area contributed by atoms with E-state index in [1.165, 1.54) is 32.1 Å². The second-order valence-corrected chi connectivity index (χ2v) is 5.72. The molecule has 0 bridgehead atoms. The topological polar surface area (TPSA) is 53.4 Å². The largest absolute Gasteiger partial charge is 0.477 e. The number of aromatic carboxylic acids is 1. The summed E-state index contributed by atoms with van der Waals surface area (Å²) < 4.78 is 0. The lowest BCUT2D eigenvalue weighted by atomic mass is 9.96. The monoisotopic (exact) mass is 276 g/mol. The second kappa shape index (κ2) is 7.39. The highest BCUT2D eigenvalue weighted by Crippen LogP contribution is 2.22. The molecule has 110 valence electrons. The van der Waals surface area contributed by atoms with Gasteiger partial charge in [0.2, 0.25) is 0 Å². The summed E-state index contributed by atoms with van der Waals surface area (Å²) in [6.45, 7) is 5.33. The Hall–Kier alpha value is -1.42. The van der Waals surface area contributed by atoms with Gasteiger partial charge in [-0.25, -0.2) is 9.78 Å². The molecule has 1 aromatic rings. The fraction of sp³-hybridized carbons (Fsp3) is 0.625. The molecule has 0 aliphatic carbocycles. The van der Waals surface area contributed by atoms with E-state index in [2.05, 4.69) is 16.8 Å². The minimum atomic E-state index is -0.953. The van der Waals surface area contributed by atoms with E-state index >= 15 is 0 Å². The Morgan fingerprint density at radius 1 is 1.45 bits per heavy atom. The zero-order valence-corrected chi connectivity index (χ0v) is 12.2. The smallest absolute Gasteiger partial charge is 0.354 e. The summed E-state index contributed by atoms with van der Waals surface area (Å²) in [6, 6.07) is 3.61. The van der Waals surface area contributed by atoms with Gasteiger partial charge in [0.25, 0.3) is 0 Å². The number of carboxylic acids is 1. The van der Waals surface area contributed by atoms with Gasteiger partial charge in [-0.3, -0.25) is 4.90 Å². The number of hydrogen-bond acceptors (Lipinski definition) is 3. The number of nitrogens with zero attached hydrogens (tertiary/aromatic N) is 2. The molecule has 1 aliphatic heterocycles. The van der Waals surface area contributed by atoms with Crippen molar-refractivity contribution in [2.24, 2.45) is 5.92 Å². The SMILES string of the molecule is CCCC1CCCN(Cc2ccnc(C(=O)O)c2)CC1. The van der Waals surface area contributed by atoms with Gasteiger partial charge in [-0.05, 0) is 56.0 Å². The van der Waals surface area contributed by atoms with Gasteiger partial charge < -0.3 is 5.11 Å². The molecule has 1 fully saturated rings. The molecule has 1 unspecified atom stereocenters. The Labute approximate surface area is 120 Å². The number of carbonyl (C=O) groups is 1. The first-order chi connectivity index (χ1) is 9.69. The van der Waals surface area contributed by atoms with E-state index in [1.54, 1.807) is 12.3 Å². The highest BCUT2D eigenvalue weighted by atomic mass is 16.4. The van der Waals surface area contributed by atoms with Gasteiger partial charge in [0.05, 0.1) is 0 Å². The minimum Gasteiger partial charge on any atom is -0.477 e. The maximum Gasteiger partial charge on any atom is 0.354 e. The Kier molecular flexibility index (Phi) is 5.53. The maximum atomic E-state index is 10.9. The third-order valence-corrected chi connectivity index (χ3v) is 4.09. The Morgan fingerprint density at radius 3 is 3.05 bits per heavy atom. The van der Waals surface area contributed by atoms with E-state index in [0.717, 1.165) is 31.1 Å². The van der Waals surface area contributed by atoms with Crippen LogP contribution in [0, 0.1) is 5.92 Å². The number of likely N-dealkylation sites (tertiary alicyclic amines) is 1. The molecule has 4 nitrogen and oxygen atoms in total. The van der Waals surface area contributed by atoms with Gasteiger partial charge in [-0.1, -0.05) is 19.8 Å². The molecule has 0 aromatic carbocycles. The standard InChI is InChI=1S/C16H24N2O2/c1-2-4-13-5-3-9-18(10-7-13)12-14-6-8-17-15(11-14)16(19)20/h6,8,11,13H,2-5,7,9-10,12H2,1H3,(H,19,20). The highest BCUT2D eigenvalue weighted by Gasteiger charge is 2.17. The van der Waals surface area contributed by atoms with Gasteiger partial charge in [0.15, 0.2) is 0 Å². The zero-order chi connectivity index (χ0) is 14.4. The fourth-order valence-electron chi connectivity index (χ4n) is 3.03. The first-order valence-electron chi connectivity index (χ1n) is 7.59. The van der Waals surface area contributed by atoms with Gasteiger partial charge in [0, 0.05) is 12.7 Å². The molecular weight excluding hydrogens is 252 g/mol. The van der Waals surface area contributed by atoms with E-state index in [-0.39, 0.29) is 5.69 Å². The predicted octanol–water partition coefficient (Wildman–Crippen LogP) is 3.18. The Bertz CT molecular complexity index is 448. The molecule has 0 radical (unpaired) electrons. The van der Waals surface area contributed by atoms with Crippen LogP contribution in [-0.2, 0) is 6.54 Å². The molecule has 1 N–H and O–H groups in total. The van der Waals surface area contributed by atoms with Crippen molar-refractivity contribution in [3.8, 4) is 0 Å². The van der Waals surface area contributed by atoms with Crippen LogP contribution in [0.15, 0.2) is 18.3 Å². The van der Waals surface area contributed by atoms with Gasteiger partial charge in [-0.2, -0.15) is 0 Å². The predicted molar refractivity (Wildman–Crippen MR) is 78.7 cm³/mol. The van der Waals surface area contributed by atoms with Crippen LogP contribution in [0.25, 0.3) is 0 Å². The minimum absolute atomic E-state index is 0.140. The number of rotatable bonds is 5. The third-order valence-electron chi connectivity index (χ3n) is 4.09. The molecule has 1 saturated heterocycles. The number of pyridine rings is 1. The fourth-order valence-corrected chi connectivity index (χ4v) is 3.03. The van der Waals surface area contributed by atoms with E-state index in [0.29, 0.717) is 0 Å². The molecular formula is C16H24N2O2. The normalized spacial score (nSPS) is 20.6. The molecule has 1 atom stereocenters. The molecule has 2 heterocycles. The van der Waals surface area contributed by atoms with Crippen molar-refractivity contribution in [2.45, 2.75) is 45.6 Å². The van der Waals surface area contributed by atoms with Crippen molar-refractivity contribution in [1.29, 1.82) is 0 Å². The number of aromatic nitrogens is 1. The molecule has 4 heteroatoms. The van der Waals surface area contributed by atoms with Crippen LogP contribution in [0.1, 0.15) is 55.1 Å². The van der Waals surface area contributed by atoms with Crippen LogP contribution in [0.5, 0.6) is 0 Å². The van der Waals surface area contributed by atoms with E-state index in [1.807, 2.05) is 6.07 Å². The van der Waals surface area contributed by atoms with E-state index in [4.69, 9.17) is 5.11 Å². The molecule has 2 rings (SSSR count). The summed E-state index contributed by atoms with van der Waals surface area (Å²) in [5.41, 5.74) is 1.19. The van der Waals surface area contributed by atoms with Gasteiger partial charge in [0.1, 0.15) is 5.69 Å². The summed E-state index contributed by atoms with van der Waals surface area (Å²) in [5, 5.41) is 8.98. The van der Waals surface area contributed by atoms with E-state index < -0.39 is 5.97 Å². The summed E-state index contributed by atoms with van der Waals surface area (Å²) in [4.78, 5) is 17.2. The first-order valence-corrected chi connectivity index (χ1v) is 7.59. The Balaban J connectivity index is 1.93. The first kappa shape index (κ1) is 15.0. The number of carboxylic acid groups (broad SMARTS) is 1. The molecule has 1 aliphatic rings. The van der Waals surface area contributed by atoms with E-state index in [9.17, 15) is 4.79 Å². The van der Waals surface area contributed by atoms with Crippen molar-refractivity contribution in [1.82, 2.24) is 9.88 Å². The van der Waals surface area contributed by atoms with Crippen LogP contribution >= 0.6 is 0 Å². The molecule has 0 spiro atoms. The number of hydrogen-bond donors (Lipinski definition) is 1. The molecule has 0 saturated carbocycles. The summed E-state index contributed by atoms with van der Waals surface area (Å²) >= 11 is 0. The van der Waals surface area contributed by atoms with Crippen molar-refractivity contribution < 1.29 is 9.90 Å². The maximum absolute atomic E-state index is 10.9. The zero-order valence-electron chi connectivity index (χ0n) is 12.2. The highest BCUT2D eigenvalue weighted by molar-refractivity contribution is 5.85. The van der Waals surface area contributed by atoms with Crippen molar-refractivity contribution in [2.75, 3.05) is 13.1 Å². The summed E-state index contributed by atoms with van der Waals surface area (Å²) in [6.07, 6.45) is 8.06. The average Bonchev–Trinajstić information content (AvgIpc) is 2.65. The quantitative estimate of drug-likeness (QED) is 0.897. The second-order valence-electron chi connectivity index (χ2n) is 5.72. The lowest BCUT2D eigenvalue weighted by Crippen LogP contribution is -2.24. The van der Waals surface area contributed by atoms with Crippen LogP contribution in [-0.4, -0.2) is 34.0 Å². The molecule has 0 amide bonds. The summed E-state index contributed by atoms with van der Waals surface area (Å²) in [7, 11) is 0. The van der Waals surface area contributed by atoms with Crippen LogP contribution in [0.4, 0.5) is 0 Å². The summed E-state index contributed by atoms with van der Waals surface area (Å²) in [5.74, 6) is -0.0808. The van der Waals surface area contributed by atoms with Crippen molar-refractivity contribution in [3.05, 3.63) is 29.6 Å². The molecule has 20 heavy (non-hydrogen) atoms. The van der Waals surface area contributed by atoms with Crippen molar-refractivity contribution >= 4 is 5.97 Å². The van der Waals surface area contributed by atoms with Gasteiger partial charge in [-0.15, -0.1) is 0 Å². The van der Waals surface area contributed by atoms with Gasteiger partial charge >= 0.3 is 5.97 Å². The lowest BCUT2D eigenvalue weighted by molar-refractivity contribution is 0.0690. The van der Waals surface area contributed by atoms with Crippen molar-refractivity contribution in [3.63, 3.8) is 0 Å². The Morgan fingerprint density at radius 2 is 2.30 bits per heavy atom.